The maximum absolute atomic E-state index is 13.3. The monoisotopic (exact) mass is 541 g/mol. The number of fused-ring (bicyclic) bond motifs is 7. The van der Waals surface area contributed by atoms with Gasteiger partial charge in [0.15, 0.2) is 5.60 Å². The first-order valence-corrected chi connectivity index (χ1v) is 13.9. The molecule has 3 aliphatic rings. The lowest BCUT2D eigenvalue weighted by Crippen LogP contribution is -2.41. The fourth-order valence-corrected chi connectivity index (χ4v) is 6.27. The van der Waals surface area contributed by atoms with Gasteiger partial charge >= 0.3 is 13.1 Å². The van der Waals surface area contributed by atoms with Crippen LogP contribution in [0.15, 0.2) is 97.2 Å². The van der Waals surface area contributed by atoms with E-state index < -0.39 is 23.9 Å². The van der Waals surface area contributed by atoms with Crippen molar-refractivity contribution in [1.29, 1.82) is 0 Å². The highest BCUT2D eigenvalue weighted by Gasteiger charge is 2.55. The SMILES string of the molecule is CC1(C)OB(c2ccc3c(c2)Oc2cc(-n4ccc5ccccc54)ccc2C32OC(=O)c3ccccc32)OC1(C)C. The summed E-state index contributed by atoms with van der Waals surface area (Å²) in [5.41, 5.74) is 3.71. The van der Waals surface area contributed by atoms with Crippen LogP contribution in [0.25, 0.3) is 16.6 Å². The van der Waals surface area contributed by atoms with Gasteiger partial charge < -0.3 is 23.3 Å². The number of hydrogen-bond donors (Lipinski definition) is 0. The molecule has 0 aliphatic carbocycles. The highest BCUT2D eigenvalue weighted by Crippen LogP contribution is 2.56. The van der Waals surface area contributed by atoms with Gasteiger partial charge in [-0.05, 0) is 74.9 Å². The molecule has 3 aliphatic heterocycles. The van der Waals surface area contributed by atoms with Crippen molar-refractivity contribution in [2.24, 2.45) is 0 Å². The van der Waals surface area contributed by atoms with Crippen molar-refractivity contribution in [2.45, 2.75) is 44.5 Å². The molecule has 5 aromatic rings. The largest absolute Gasteiger partial charge is 0.494 e. The van der Waals surface area contributed by atoms with Crippen molar-refractivity contribution in [3.8, 4) is 17.2 Å². The van der Waals surface area contributed by atoms with E-state index in [9.17, 15) is 4.79 Å². The van der Waals surface area contributed by atoms with Crippen molar-refractivity contribution in [3.63, 3.8) is 0 Å². The summed E-state index contributed by atoms with van der Waals surface area (Å²) in [5.74, 6) is 0.877. The molecule has 202 valence electrons. The van der Waals surface area contributed by atoms with Gasteiger partial charge in [-0.1, -0.05) is 48.5 Å². The van der Waals surface area contributed by atoms with Crippen LogP contribution in [-0.4, -0.2) is 28.9 Å². The molecular formula is C34H28BNO5. The number of benzene rings is 4. The van der Waals surface area contributed by atoms with Crippen LogP contribution in [0.2, 0.25) is 0 Å². The zero-order valence-electron chi connectivity index (χ0n) is 23.3. The lowest BCUT2D eigenvalue weighted by molar-refractivity contribution is 0.00578. The van der Waals surface area contributed by atoms with E-state index >= 15 is 0 Å². The molecule has 4 aromatic carbocycles. The number of ether oxygens (including phenoxy) is 2. The minimum absolute atomic E-state index is 0.352. The van der Waals surface area contributed by atoms with E-state index in [1.165, 1.54) is 0 Å². The molecule has 8 rings (SSSR count). The fraction of sp³-hybridized carbons (Fsp3) is 0.206. The first kappa shape index (κ1) is 24.5. The third-order valence-corrected chi connectivity index (χ3v) is 9.12. The minimum atomic E-state index is -1.14. The number of carbonyl (C=O) groups excluding carboxylic acids is 1. The van der Waals surface area contributed by atoms with Crippen LogP contribution in [0.4, 0.5) is 0 Å². The van der Waals surface area contributed by atoms with Gasteiger partial charge in [0.1, 0.15) is 11.5 Å². The van der Waals surface area contributed by atoms with Crippen LogP contribution in [-0.2, 0) is 19.6 Å². The summed E-state index contributed by atoms with van der Waals surface area (Å²) < 4.78 is 27.8. The van der Waals surface area contributed by atoms with Gasteiger partial charge in [0.25, 0.3) is 0 Å². The molecule has 1 unspecified atom stereocenters. The second kappa shape index (κ2) is 8.12. The number of para-hydroxylation sites is 1. The molecular weight excluding hydrogens is 513 g/mol. The van der Waals surface area contributed by atoms with E-state index in [2.05, 4.69) is 35.0 Å². The molecule has 0 saturated carbocycles. The Hall–Kier alpha value is -4.33. The molecule has 4 heterocycles. The van der Waals surface area contributed by atoms with Crippen LogP contribution in [0.1, 0.15) is 54.7 Å². The van der Waals surface area contributed by atoms with E-state index in [4.69, 9.17) is 18.8 Å². The van der Waals surface area contributed by atoms with Crippen molar-refractivity contribution in [1.82, 2.24) is 4.57 Å². The number of aromatic nitrogens is 1. The summed E-state index contributed by atoms with van der Waals surface area (Å²) >= 11 is 0. The van der Waals surface area contributed by atoms with E-state index in [0.29, 0.717) is 17.1 Å². The molecule has 0 N–H and O–H groups in total. The number of carbonyl (C=O) groups is 1. The zero-order valence-corrected chi connectivity index (χ0v) is 23.3. The summed E-state index contributed by atoms with van der Waals surface area (Å²) in [7, 11) is -0.553. The molecule has 0 bridgehead atoms. The smallest absolute Gasteiger partial charge is 0.456 e. The molecule has 1 atom stereocenters. The second-order valence-electron chi connectivity index (χ2n) is 12.0. The van der Waals surface area contributed by atoms with Crippen LogP contribution in [0.5, 0.6) is 11.5 Å². The van der Waals surface area contributed by atoms with E-state index in [0.717, 1.165) is 38.7 Å². The van der Waals surface area contributed by atoms with Gasteiger partial charge in [0.2, 0.25) is 0 Å². The summed E-state index contributed by atoms with van der Waals surface area (Å²) in [5, 5.41) is 1.15. The average molecular weight is 541 g/mol. The standard InChI is InChI=1S/C34H28BNO5/c1-32(2)33(3,4)41-35(40-32)22-13-15-26-29(19-22)38-30-20-23(36-18-17-21-9-5-8-12-28(21)36)14-16-27(30)34(26)25-11-7-6-10-24(25)31(37)39-34/h5-20H,1-4H3. The Balaban J connectivity index is 1.32. The van der Waals surface area contributed by atoms with E-state index in [1.807, 2.05) is 94.4 Å². The Morgan fingerprint density at radius 3 is 2.20 bits per heavy atom. The molecule has 1 spiro atoms. The molecule has 41 heavy (non-hydrogen) atoms. The lowest BCUT2D eigenvalue weighted by atomic mass is 9.74. The highest BCUT2D eigenvalue weighted by molar-refractivity contribution is 6.62. The molecule has 0 amide bonds. The van der Waals surface area contributed by atoms with E-state index in [-0.39, 0.29) is 5.97 Å². The minimum Gasteiger partial charge on any atom is -0.456 e. The van der Waals surface area contributed by atoms with Crippen LogP contribution < -0.4 is 10.2 Å². The predicted molar refractivity (Wildman–Crippen MR) is 157 cm³/mol. The van der Waals surface area contributed by atoms with Gasteiger partial charge in [-0.25, -0.2) is 4.79 Å². The topological polar surface area (TPSA) is 58.9 Å². The van der Waals surface area contributed by atoms with Crippen LogP contribution in [0.3, 0.4) is 0 Å². The maximum atomic E-state index is 13.3. The molecule has 1 saturated heterocycles. The third kappa shape index (κ3) is 3.30. The maximum Gasteiger partial charge on any atom is 0.494 e. The second-order valence-corrected chi connectivity index (χ2v) is 12.0. The quantitative estimate of drug-likeness (QED) is 0.189. The number of hydrogen-bond acceptors (Lipinski definition) is 5. The van der Waals surface area contributed by atoms with Crippen molar-refractivity contribution >= 4 is 29.5 Å². The van der Waals surface area contributed by atoms with E-state index in [1.54, 1.807) is 0 Å². The summed E-state index contributed by atoms with van der Waals surface area (Å²) in [4.78, 5) is 13.3. The van der Waals surface area contributed by atoms with Gasteiger partial charge in [-0.3, -0.25) is 0 Å². The normalized spacial score (nSPS) is 21.4. The molecule has 1 aromatic heterocycles. The summed E-state index contributed by atoms with van der Waals surface area (Å²) in [6.45, 7) is 8.14. The molecule has 1 fully saturated rings. The predicted octanol–water partition coefficient (Wildman–Crippen LogP) is 6.50. The van der Waals surface area contributed by atoms with Gasteiger partial charge in [0, 0.05) is 34.6 Å². The van der Waals surface area contributed by atoms with Crippen molar-refractivity contribution in [3.05, 3.63) is 119 Å². The molecule has 0 radical (unpaired) electrons. The Labute approximate surface area is 238 Å². The summed E-state index contributed by atoms with van der Waals surface area (Å²) in [6.07, 6.45) is 2.06. The first-order valence-electron chi connectivity index (χ1n) is 13.9. The van der Waals surface area contributed by atoms with Crippen LogP contribution in [0, 0.1) is 0 Å². The molecule has 6 nitrogen and oxygen atoms in total. The Bertz CT molecular complexity index is 1890. The van der Waals surface area contributed by atoms with Crippen molar-refractivity contribution in [2.75, 3.05) is 0 Å². The fourth-order valence-electron chi connectivity index (χ4n) is 6.27. The Kier molecular flexibility index (Phi) is 4.85. The number of rotatable bonds is 2. The first-order chi connectivity index (χ1) is 19.7. The highest BCUT2D eigenvalue weighted by atomic mass is 16.7. The number of nitrogens with zero attached hydrogens (tertiary/aromatic N) is 1. The van der Waals surface area contributed by atoms with Crippen LogP contribution >= 0.6 is 0 Å². The number of esters is 1. The third-order valence-electron chi connectivity index (χ3n) is 9.12. The average Bonchev–Trinajstić information content (AvgIpc) is 3.58. The Morgan fingerprint density at radius 1 is 0.707 bits per heavy atom. The Morgan fingerprint density at radius 2 is 1.39 bits per heavy atom. The van der Waals surface area contributed by atoms with Gasteiger partial charge in [0.05, 0.1) is 22.3 Å². The van der Waals surface area contributed by atoms with Crippen molar-refractivity contribution < 1.29 is 23.6 Å². The molecule has 7 heteroatoms. The zero-order chi connectivity index (χ0) is 28.1. The lowest BCUT2D eigenvalue weighted by Gasteiger charge is -2.37. The van der Waals surface area contributed by atoms with Gasteiger partial charge in [-0.2, -0.15) is 0 Å². The summed E-state index contributed by atoms with van der Waals surface area (Å²) in [6, 6.07) is 29.9. The van der Waals surface area contributed by atoms with Gasteiger partial charge in [-0.15, -0.1) is 0 Å².